The number of guanidine groups is 1. The van der Waals surface area contributed by atoms with Gasteiger partial charge in [-0.1, -0.05) is 12.1 Å². The quantitative estimate of drug-likeness (QED) is 0.565. The summed E-state index contributed by atoms with van der Waals surface area (Å²) >= 11 is 1.01. The van der Waals surface area contributed by atoms with Crippen LogP contribution in [0.2, 0.25) is 0 Å². The molecule has 26 heavy (non-hydrogen) atoms. The number of ether oxygens (including phenoxy) is 1. The van der Waals surface area contributed by atoms with Gasteiger partial charge in [-0.2, -0.15) is 13.2 Å². The molecule has 0 spiro atoms. The van der Waals surface area contributed by atoms with Crippen molar-refractivity contribution in [1.29, 1.82) is 0 Å². The number of hydrogen-bond acceptors (Lipinski definition) is 4. The van der Waals surface area contributed by atoms with E-state index >= 15 is 0 Å². The number of methoxy groups -OCH3 is 1. The van der Waals surface area contributed by atoms with Gasteiger partial charge in [0.15, 0.2) is 11.7 Å². The Morgan fingerprint density at radius 2 is 1.96 bits per heavy atom. The first kappa shape index (κ1) is 20.0. The number of rotatable bonds is 7. The topological polar surface area (TPSA) is 58.5 Å². The fourth-order valence-corrected chi connectivity index (χ4v) is 2.89. The first-order valence-electron chi connectivity index (χ1n) is 8.09. The third-order valence-electron chi connectivity index (χ3n) is 3.40. The molecule has 0 unspecified atom stereocenters. The van der Waals surface area contributed by atoms with Gasteiger partial charge in [-0.05, 0) is 24.6 Å². The van der Waals surface area contributed by atoms with Gasteiger partial charge in [0.1, 0.15) is 5.75 Å². The van der Waals surface area contributed by atoms with Gasteiger partial charge in [-0.3, -0.25) is 0 Å². The molecule has 2 aromatic rings. The molecule has 1 aromatic carbocycles. The molecule has 5 nitrogen and oxygen atoms in total. The van der Waals surface area contributed by atoms with E-state index in [4.69, 9.17) is 4.74 Å². The van der Waals surface area contributed by atoms with Crippen LogP contribution < -0.4 is 15.4 Å². The van der Waals surface area contributed by atoms with Crippen LogP contribution in [0.4, 0.5) is 13.2 Å². The van der Waals surface area contributed by atoms with Crippen LogP contribution >= 0.6 is 11.3 Å². The molecule has 0 bridgehead atoms. The van der Waals surface area contributed by atoms with Gasteiger partial charge in [-0.15, -0.1) is 11.3 Å². The Labute approximate surface area is 154 Å². The van der Waals surface area contributed by atoms with Crippen LogP contribution in [-0.4, -0.2) is 31.1 Å². The lowest BCUT2D eigenvalue weighted by molar-refractivity contribution is -0.140. The molecule has 0 aliphatic rings. The van der Waals surface area contributed by atoms with Crippen LogP contribution in [0, 0.1) is 0 Å². The van der Waals surface area contributed by atoms with E-state index < -0.39 is 11.9 Å². The van der Waals surface area contributed by atoms with Crippen LogP contribution in [0.25, 0.3) is 0 Å². The Hall–Kier alpha value is -2.29. The minimum absolute atomic E-state index is 0.397. The average molecular weight is 386 g/mol. The molecule has 0 fully saturated rings. The van der Waals surface area contributed by atoms with Crippen LogP contribution in [0.1, 0.15) is 23.2 Å². The largest absolute Gasteiger partial charge is 0.497 e. The summed E-state index contributed by atoms with van der Waals surface area (Å²) in [5.41, 5.74) is 0.190. The highest BCUT2D eigenvalue weighted by Gasteiger charge is 2.33. The van der Waals surface area contributed by atoms with Gasteiger partial charge in [-0.25, -0.2) is 9.98 Å². The molecule has 142 valence electrons. The van der Waals surface area contributed by atoms with E-state index in [2.05, 4.69) is 20.6 Å². The van der Waals surface area contributed by atoms with E-state index in [9.17, 15) is 13.2 Å². The third kappa shape index (κ3) is 6.21. The molecule has 2 N–H and O–H groups in total. The number of hydrogen-bond donors (Lipinski definition) is 2. The molecule has 0 aliphatic heterocycles. The predicted octanol–water partition coefficient (Wildman–Crippen LogP) is 3.47. The van der Waals surface area contributed by atoms with Crippen LogP contribution in [0.3, 0.4) is 0 Å². The Morgan fingerprint density at radius 3 is 2.54 bits per heavy atom. The second-order valence-electron chi connectivity index (χ2n) is 5.34. The van der Waals surface area contributed by atoms with Gasteiger partial charge < -0.3 is 15.4 Å². The molecule has 2 rings (SSSR count). The number of aliphatic imine (C=N–C) groups is 1. The van der Waals surface area contributed by atoms with Crippen molar-refractivity contribution in [3.8, 4) is 5.75 Å². The SMILES string of the molecule is CCNC(=NCc1ccc(OC)cc1)NCCc1nc(C(F)(F)F)cs1. The number of benzene rings is 1. The van der Waals surface area contributed by atoms with E-state index in [1.54, 1.807) is 7.11 Å². The third-order valence-corrected chi connectivity index (χ3v) is 4.31. The molecule has 0 atom stereocenters. The molecule has 0 amide bonds. The smallest absolute Gasteiger partial charge is 0.434 e. The maximum atomic E-state index is 12.6. The first-order valence-corrected chi connectivity index (χ1v) is 8.97. The first-order chi connectivity index (χ1) is 12.4. The second kappa shape index (κ2) is 9.42. The predicted molar refractivity (Wildman–Crippen MR) is 96.6 cm³/mol. The minimum atomic E-state index is -4.39. The monoisotopic (exact) mass is 386 g/mol. The fourth-order valence-electron chi connectivity index (χ4n) is 2.09. The van der Waals surface area contributed by atoms with E-state index in [0.29, 0.717) is 37.0 Å². The van der Waals surface area contributed by atoms with Crippen molar-refractivity contribution < 1.29 is 17.9 Å². The summed E-state index contributed by atoms with van der Waals surface area (Å²) in [5.74, 6) is 1.39. The molecule has 1 heterocycles. The molecule has 0 saturated carbocycles. The molecular weight excluding hydrogens is 365 g/mol. The number of halogens is 3. The summed E-state index contributed by atoms with van der Waals surface area (Å²) in [6.45, 7) is 3.55. The highest BCUT2D eigenvalue weighted by Crippen LogP contribution is 2.29. The normalized spacial score (nSPS) is 12.1. The summed E-state index contributed by atoms with van der Waals surface area (Å²) in [5, 5.41) is 7.70. The number of nitrogens with zero attached hydrogens (tertiary/aromatic N) is 2. The van der Waals surface area contributed by atoms with E-state index in [1.165, 1.54) is 0 Å². The zero-order chi connectivity index (χ0) is 19.0. The van der Waals surface area contributed by atoms with Crippen LogP contribution in [-0.2, 0) is 19.1 Å². The van der Waals surface area contributed by atoms with Crippen molar-refractivity contribution in [3.63, 3.8) is 0 Å². The highest BCUT2D eigenvalue weighted by atomic mass is 32.1. The number of aromatic nitrogens is 1. The van der Waals surface area contributed by atoms with Crippen molar-refractivity contribution in [2.75, 3.05) is 20.2 Å². The van der Waals surface area contributed by atoms with Gasteiger partial charge in [0.05, 0.1) is 18.7 Å². The van der Waals surface area contributed by atoms with Gasteiger partial charge >= 0.3 is 6.18 Å². The summed E-state index contributed by atoms with van der Waals surface area (Å²) in [7, 11) is 1.61. The number of alkyl halides is 3. The summed E-state index contributed by atoms with van der Waals surface area (Å²) < 4.78 is 42.8. The summed E-state index contributed by atoms with van der Waals surface area (Å²) in [4.78, 5) is 8.09. The van der Waals surface area contributed by atoms with Gasteiger partial charge in [0, 0.05) is 24.9 Å². The summed E-state index contributed by atoms with van der Waals surface area (Å²) in [6.07, 6.45) is -4.00. The van der Waals surface area contributed by atoms with Crippen molar-refractivity contribution in [2.45, 2.75) is 26.1 Å². The van der Waals surface area contributed by atoms with Crippen molar-refractivity contribution in [2.24, 2.45) is 4.99 Å². The fraction of sp³-hybridized carbons (Fsp3) is 0.412. The maximum Gasteiger partial charge on any atom is 0.434 e. The van der Waals surface area contributed by atoms with Gasteiger partial charge in [0.2, 0.25) is 0 Å². The molecule has 0 aliphatic carbocycles. The Balaban J connectivity index is 1.87. The van der Waals surface area contributed by atoms with Gasteiger partial charge in [0.25, 0.3) is 0 Å². The Morgan fingerprint density at radius 1 is 1.23 bits per heavy atom. The van der Waals surface area contributed by atoms with Crippen LogP contribution in [0.15, 0.2) is 34.6 Å². The van der Waals surface area contributed by atoms with E-state index in [0.717, 1.165) is 28.0 Å². The number of nitrogens with one attached hydrogen (secondary N) is 2. The lowest BCUT2D eigenvalue weighted by atomic mass is 10.2. The zero-order valence-corrected chi connectivity index (χ0v) is 15.4. The molecular formula is C17H21F3N4OS. The zero-order valence-electron chi connectivity index (χ0n) is 14.6. The second-order valence-corrected chi connectivity index (χ2v) is 6.29. The van der Waals surface area contributed by atoms with E-state index in [-0.39, 0.29) is 0 Å². The minimum Gasteiger partial charge on any atom is -0.497 e. The van der Waals surface area contributed by atoms with Crippen molar-refractivity contribution >= 4 is 17.3 Å². The Kier molecular flexibility index (Phi) is 7.26. The maximum absolute atomic E-state index is 12.6. The summed E-state index contributed by atoms with van der Waals surface area (Å²) in [6, 6.07) is 7.60. The molecule has 1 aromatic heterocycles. The molecule has 0 radical (unpaired) electrons. The standard InChI is InChI=1S/C17H21F3N4OS/c1-3-21-16(23-10-12-4-6-13(25-2)7-5-12)22-9-8-15-24-14(11-26-15)17(18,19)20/h4-7,11H,3,8-10H2,1-2H3,(H2,21,22,23). The average Bonchev–Trinajstić information content (AvgIpc) is 3.09. The van der Waals surface area contributed by atoms with Crippen molar-refractivity contribution in [3.05, 3.63) is 45.9 Å². The Bertz CT molecular complexity index is 714. The number of thiazole rings is 1. The lowest BCUT2D eigenvalue weighted by Gasteiger charge is -2.10. The van der Waals surface area contributed by atoms with Crippen molar-refractivity contribution in [1.82, 2.24) is 15.6 Å². The molecule has 9 heteroatoms. The molecule has 0 saturated heterocycles. The van der Waals surface area contributed by atoms with E-state index in [1.807, 2.05) is 31.2 Å². The lowest BCUT2D eigenvalue weighted by Crippen LogP contribution is -2.38. The van der Waals surface area contributed by atoms with Crippen LogP contribution in [0.5, 0.6) is 5.75 Å². The highest BCUT2D eigenvalue weighted by molar-refractivity contribution is 7.09.